The number of piperidine rings is 2. The molecule has 11 rings (SSSR count). The maximum atomic E-state index is 13.5. The van der Waals surface area contributed by atoms with Crippen molar-refractivity contribution in [3.8, 4) is 11.5 Å². The Kier molecular flexibility index (Phi) is 9.74. The third-order valence-corrected chi connectivity index (χ3v) is 17.0. The van der Waals surface area contributed by atoms with Gasteiger partial charge in [0.1, 0.15) is 11.5 Å². The number of hydrogen-bond donors (Lipinski definition) is 5. The Labute approximate surface area is 354 Å². The molecule has 3 aromatic carbocycles. The topological polar surface area (TPSA) is 149 Å². The van der Waals surface area contributed by atoms with Crippen LogP contribution in [0.25, 0.3) is 0 Å². The number of nitrogens with zero attached hydrogens (tertiary/aromatic N) is 2. The van der Waals surface area contributed by atoms with Crippen LogP contribution in [0.4, 0.5) is 0 Å². The van der Waals surface area contributed by atoms with Crippen LogP contribution in [0.1, 0.15) is 103 Å². The Bertz CT molecular complexity index is 2200. The van der Waals surface area contributed by atoms with Crippen LogP contribution < -0.4 is 15.8 Å². The molecule has 6 N–H and O–H groups in total. The van der Waals surface area contributed by atoms with Crippen molar-refractivity contribution in [3.05, 3.63) is 93.5 Å². The number of benzene rings is 3. The van der Waals surface area contributed by atoms with E-state index in [1.807, 2.05) is 37.3 Å². The number of aryl methyl sites for hydroxylation is 2. The summed E-state index contributed by atoms with van der Waals surface area (Å²) in [6, 6.07) is 18.5. The summed E-state index contributed by atoms with van der Waals surface area (Å²) in [6.07, 6.45) is 11.0. The standard InChI is InChI=1S/C30H38N2O3.C20H26N2O3/c1-19-4-7-22-14-27-30(34)16-24(28(33)31-17-23-8-9-25(35-3)13-20(23)2)15-29(30,26(22)12-19)10-11-32(27)18-21-5-6-21;21-18(24)14-9-19-5-6-22(11-12-1-2-12)17(20(19,25)10-14)7-13-3-4-15(23)8-16(13)19/h4,7-9,12-13,21,24,27,34H,5-6,10-11,14-18H2,1-3H3,(H,31,33);3-4,8,12,14,17,23,25H,1-2,5-7,9-11H2,(H2,21,24)/t24?,27-,29-,30-;14-,17-,19-,20-/m11/s1. The van der Waals surface area contributed by atoms with Crippen molar-refractivity contribution in [1.82, 2.24) is 15.1 Å². The number of carbonyl (C=O) groups excluding carboxylic acids is 2. The van der Waals surface area contributed by atoms with Crippen LogP contribution in [0, 0.1) is 37.5 Å². The largest absolute Gasteiger partial charge is 0.508 e. The number of fused-ring (bicyclic) bond motifs is 2. The highest BCUT2D eigenvalue weighted by Crippen LogP contribution is 2.63. The number of nitrogens with one attached hydrogen (secondary N) is 1. The van der Waals surface area contributed by atoms with Crippen molar-refractivity contribution >= 4 is 11.8 Å². The first-order valence-corrected chi connectivity index (χ1v) is 22.8. The molecule has 8 aliphatic rings. The summed E-state index contributed by atoms with van der Waals surface area (Å²) in [5, 5.41) is 37.7. The summed E-state index contributed by atoms with van der Waals surface area (Å²) in [6.45, 7) is 8.81. The number of phenolic OH excluding ortho intramolecular Hbond substituents is 1. The maximum absolute atomic E-state index is 13.5. The van der Waals surface area contributed by atoms with Gasteiger partial charge in [-0.1, -0.05) is 35.9 Å². The Hall–Kier alpha value is -3.96. The molecule has 10 heteroatoms. The van der Waals surface area contributed by atoms with Crippen molar-refractivity contribution in [2.45, 2.75) is 132 Å². The van der Waals surface area contributed by atoms with Crippen molar-refractivity contribution in [1.29, 1.82) is 0 Å². The molecule has 0 aromatic heterocycles. The predicted molar refractivity (Wildman–Crippen MR) is 230 cm³/mol. The molecular formula is C50H64N4O6. The second kappa shape index (κ2) is 14.6. The zero-order valence-electron chi connectivity index (χ0n) is 35.7. The van der Waals surface area contributed by atoms with Gasteiger partial charge in [-0.3, -0.25) is 19.4 Å². The monoisotopic (exact) mass is 816 g/mol. The van der Waals surface area contributed by atoms with E-state index in [-0.39, 0.29) is 46.9 Å². The van der Waals surface area contributed by atoms with Crippen LogP contribution in [0.5, 0.6) is 11.5 Å². The van der Waals surface area contributed by atoms with Crippen molar-refractivity contribution in [2.24, 2.45) is 29.4 Å². The van der Waals surface area contributed by atoms with Gasteiger partial charge in [0.05, 0.1) is 18.3 Å². The molecule has 8 atom stereocenters. The lowest BCUT2D eigenvalue weighted by Gasteiger charge is -2.59. The quantitative estimate of drug-likeness (QED) is 0.195. The molecular weight excluding hydrogens is 753 g/mol. The number of carbonyl (C=O) groups is 2. The van der Waals surface area contributed by atoms with Gasteiger partial charge in [0.2, 0.25) is 11.8 Å². The number of nitrogens with two attached hydrogens (primary N) is 1. The summed E-state index contributed by atoms with van der Waals surface area (Å²) >= 11 is 0. The van der Waals surface area contributed by atoms with Gasteiger partial charge in [0.15, 0.2) is 0 Å². The summed E-state index contributed by atoms with van der Waals surface area (Å²) < 4.78 is 5.32. The van der Waals surface area contributed by atoms with Gasteiger partial charge >= 0.3 is 0 Å². The van der Waals surface area contributed by atoms with E-state index >= 15 is 0 Å². The minimum Gasteiger partial charge on any atom is -0.508 e. The minimum absolute atomic E-state index is 0.0447. The molecule has 320 valence electrons. The number of hydrogen-bond acceptors (Lipinski definition) is 8. The molecule has 1 unspecified atom stereocenters. The zero-order chi connectivity index (χ0) is 41.8. The van der Waals surface area contributed by atoms with Gasteiger partial charge in [-0.15, -0.1) is 0 Å². The molecule has 2 heterocycles. The fourth-order valence-corrected chi connectivity index (χ4v) is 13.5. The highest BCUT2D eigenvalue weighted by molar-refractivity contribution is 5.80. The lowest BCUT2D eigenvalue weighted by molar-refractivity contribution is -0.134. The highest BCUT2D eigenvalue weighted by Gasteiger charge is 2.69. The molecule has 6 fully saturated rings. The van der Waals surface area contributed by atoms with Crippen LogP contribution in [0.3, 0.4) is 0 Å². The van der Waals surface area contributed by atoms with Gasteiger partial charge in [0, 0.05) is 54.4 Å². The number of aromatic hydroxyl groups is 1. The Morgan fingerprint density at radius 1 is 0.767 bits per heavy atom. The second-order valence-electron chi connectivity index (χ2n) is 20.5. The van der Waals surface area contributed by atoms with Gasteiger partial charge in [0.25, 0.3) is 0 Å². The first-order chi connectivity index (χ1) is 28.8. The molecule has 4 saturated carbocycles. The van der Waals surface area contributed by atoms with E-state index in [4.69, 9.17) is 10.5 Å². The molecule has 2 saturated heterocycles. The molecule has 6 aliphatic carbocycles. The van der Waals surface area contributed by atoms with Gasteiger partial charge in [-0.05, 0) is 173 Å². The van der Waals surface area contributed by atoms with Crippen LogP contribution in [0.15, 0.2) is 54.6 Å². The van der Waals surface area contributed by atoms with E-state index in [1.54, 1.807) is 13.2 Å². The van der Waals surface area contributed by atoms with Gasteiger partial charge in [-0.25, -0.2) is 0 Å². The number of aliphatic hydroxyl groups is 2. The molecule has 3 aromatic rings. The summed E-state index contributed by atoms with van der Waals surface area (Å²) in [7, 11) is 1.67. The average Bonchev–Trinajstić information content (AvgIpc) is 4.15. The number of phenols is 1. The fourth-order valence-electron chi connectivity index (χ4n) is 13.5. The maximum Gasteiger partial charge on any atom is 0.223 e. The van der Waals surface area contributed by atoms with E-state index in [0.717, 1.165) is 92.6 Å². The summed E-state index contributed by atoms with van der Waals surface area (Å²) in [5.74, 6) is 1.93. The number of primary amides is 1. The van der Waals surface area contributed by atoms with Crippen LogP contribution in [-0.4, -0.2) is 93.5 Å². The van der Waals surface area contributed by atoms with Crippen LogP contribution in [0.2, 0.25) is 0 Å². The molecule has 2 aliphatic heterocycles. The number of amides is 2. The SMILES string of the molecule is COc1ccc(CNC(=O)C2C[C@]34CCN(CC5CC5)[C@H](Cc5ccc(C)cc53)[C@]4(O)C2)c(C)c1.NC(=O)[C@@H]1C[C@]23CCN(CC4CC4)[C@H](Cc4ccc(O)cc42)[C@]3(O)C1. The van der Waals surface area contributed by atoms with E-state index in [2.05, 4.69) is 40.2 Å². The molecule has 4 bridgehead atoms. The average molecular weight is 817 g/mol. The van der Waals surface area contributed by atoms with Crippen LogP contribution in [-0.2, 0) is 39.8 Å². The third-order valence-electron chi connectivity index (χ3n) is 17.0. The lowest BCUT2D eigenvalue weighted by atomic mass is 9.56. The van der Waals surface area contributed by atoms with Crippen molar-refractivity contribution < 1.29 is 29.6 Å². The fraction of sp³-hybridized carbons (Fsp3) is 0.600. The molecule has 60 heavy (non-hydrogen) atoms. The minimum atomic E-state index is -0.930. The lowest BCUT2D eigenvalue weighted by Crippen LogP contribution is -2.69. The van der Waals surface area contributed by atoms with Gasteiger partial charge < -0.3 is 31.1 Å². The van der Waals surface area contributed by atoms with E-state index in [1.165, 1.54) is 47.9 Å². The van der Waals surface area contributed by atoms with E-state index < -0.39 is 16.6 Å². The second-order valence-corrected chi connectivity index (χ2v) is 20.5. The first kappa shape index (κ1) is 40.1. The smallest absolute Gasteiger partial charge is 0.223 e. The van der Waals surface area contributed by atoms with E-state index in [0.29, 0.717) is 25.8 Å². The third kappa shape index (κ3) is 6.41. The zero-order valence-corrected chi connectivity index (χ0v) is 35.7. The van der Waals surface area contributed by atoms with Gasteiger partial charge in [-0.2, -0.15) is 0 Å². The van der Waals surface area contributed by atoms with Crippen molar-refractivity contribution in [2.75, 3.05) is 33.3 Å². The number of methoxy groups -OCH3 is 1. The Balaban J connectivity index is 0.000000152. The normalized spacial score (nSPS) is 35.0. The molecule has 10 nitrogen and oxygen atoms in total. The Morgan fingerprint density at radius 2 is 1.33 bits per heavy atom. The highest BCUT2D eigenvalue weighted by atomic mass is 16.5. The molecule has 0 spiro atoms. The summed E-state index contributed by atoms with van der Waals surface area (Å²) in [4.78, 5) is 30.5. The summed E-state index contributed by atoms with van der Waals surface area (Å²) in [5.41, 5.74) is 11.5. The number of rotatable bonds is 9. The Morgan fingerprint density at radius 3 is 1.90 bits per heavy atom. The van der Waals surface area contributed by atoms with Crippen molar-refractivity contribution in [3.63, 3.8) is 0 Å². The van der Waals surface area contributed by atoms with Crippen LogP contribution >= 0.6 is 0 Å². The predicted octanol–water partition coefficient (Wildman–Crippen LogP) is 5.34. The molecule has 2 amide bonds. The van der Waals surface area contributed by atoms with E-state index in [9.17, 15) is 24.9 Å². The number of ether oxygens (including phenoxy) is 1. The molecule has 0 radical (unpaired) electrons. The first-order valence-electron chi connectivity index (χ1n) is 22.8. The number of likely N-dealkylation sites (tertiary alicyclic amines) is 2.